The zero-order chi connectivity index (χ0) is 19.8. The monoisotopic (exact) mass is 417 g/mol. The summed E-state index contributed by atoms with van der Waals surface area (Å²) in [6.45, 7) is 4.26. The average molecular weight is 418 g/mol. The quantitative estimate of drug-likeness (QED) is 0.352. The smallest absolute Gasteiger partial charge is 0.196 e. The number of rotatable bonds is 5. The summed E-state index contributed by atoms with van der Waals surface area (Å²) >= 11 is 3.30. The SMILES string of the molecule is Cc1ccc(-n2c(SCc3cn4ccsc4n3)nnc2-c2ccccc2)cc1C. The lowest BCUT2D eigenvalue weighted by Gasteiger charge is -2.12. The van der Waals surface area contributed by atoms with Crippen LogP contribution in [0.25, 0.3) is 22.0 Å². The number of aromatic nitrogens is 5. The molecule has 5 aromatic rings. The van der Waals surface area contributed by atoms with Crippen LogP contribution in [0.3, 0.4) is 0 Å². The van der Waals surface area contributed by atoms with Gasteiger partial charge in [-0.25, -0.2) is 4.98 Å². The molecule has 29 heavy (non-hydrogen) atoms. The molecule has 144 valence electrons. The van der Waals surface area contributed by atoms with E-state index in [1.54, 1.807) is 23.1 Å². The number of thioether (sulfide) groups is 1. The molecule has 0 saturated carbocycles. The maximum absolute atomic E-state index is 4.68. The van der Waals surface area contributed by atoms with Crippen LogP contribution in [0.1, 0.15) is 16.8 Å². The molecule has 0 atom stereocenters. The standard InChI is InChI=1S/C22H19N5S2/c1-15-8-9-19(12-16(15)2)27-20(17-6-4-3-5-7-17)24-25-22(27)29-14-18-13-26-10-11-28-21(26)23-18/h3-13H,14H2,1-2H3. The second-order valence-corrected chi connectivity index (χ2v) is 8.71. The highest BCUT2D eigenvalue weighted by atomic mass is 32.2. The first-order chi connectivity index (χ1) is 14.2. The predicted octanol–water partition coefficient (Wildman–Crippen LogP) is 5.55. The Kier molecular flexibility index (Phi) is 4.69. The van der Waals surface area contributed by atoms with Crippen molar-refractivity contribution in [2.24, 2.45) is 0 Å². The van der Waals surface area contributed by atoms with Gasteiger partial charge in [-0.2, -0.15) is 0 Å². The molecular weight excluding hydrogens is 398 g/mol. The molecule has 0 aliphatic rings. The fraction of sp³-hybridized carbons (Fsp3) is 0.136. The Balaban J connectivity index is 1.54. The van der Waals surface area contributed by atoms with E-state index in [9.17, 15) is 0 Å². The van der Waals surface area contributed by atoms with E-state index in [1.165, 1.54) is 11.1 Å². The Hall–Kier alpha value is -2.90. The molecule has 0 bridgehead atoms. The average Bonchev–Trinajstić information content (AvgIpc) is 3.43. The van der Waals surface area contributed by atoms with Gasteiger partial charge in [-0.1, -0.05) is 48.2 Å². The summed E-state index contributed by atoms with van der Waals surface area (Å²) < 4.78 is 4.20. The minimum atomic E-state index is 0.742. The van der Waals surface area contributed by atoms with Crippen molar-refractivity contribution >= 4 is 28.1 Å². The van der Waals surface area contributed by atoms with Gasteiger partial charge in [0.15, 0.2) is 15.9 Å². The van der Waals surface area contributed by atoms with Gasteiger partial charge in [-0.15, -0.1) is 21.5 Å². The predicted molar refractivity (Wildman–Crippen MR) is 119 cm³/mol. The summed E-state index contributed by atoms with van der Waals surface area (Å²) in [4.78, 5) is 5.70. The molecule has 0 radical (unpaired) electrons. The van der Waals surface area contributed by atoms with E-state index in [-0.39, 0.29) is 0 Å². The van der Waals surface area contributed by atoms with Gasteiger partial charge in [0.25, 0.3) is 0 Å². The van der Waals surface area contributed by atoms with Crippen molar-refractivity contribution in [3.63, 3.8) is 0 Å². The van der Waals surface area contributed by atoms with Crippen molar-refractivity contribution in [2.75, 3.05) is 0 Å². The van der Waals surface area contributed by atoms with E-state index in [0.717, 1.165) is 38.6 Å². The number of fused-ring (bicyclic) bond motifs is 1. The molecule has 3 heterocycles. The minimum Gasteiger partial charge on any atom is -0.297 e. The molecule has 0 spiro atoms. The van der Waals surface area contributed by atoms with Crippen molar-refractivity contribution in [1.82, 2.24) is 24.1 Å². The van der Waals surface area contributed by atoms with Gasteiger partial charge in [-0.05, 0) is 37.1 Å². The lowest BCUT2D eigenvalue weighted by atomic mass is 10.1. The maximum atomic E-state index is 4.68. The highest BCUT2D eigenvalue weighted by Gasteiger charge is 2.17. The third kappa shape index (κ3) is 3.47. The summed E-state index contributed by atoms with van der Waals surface area (Å²) in [5, 5.41) is 12.0. The van der Waals surface area contributed by atoms with E-state index in [0.29, 0.717) is 0 Å². The zero-order valence-corrected chi connectivity index (χ0v) is 17.7. The molecular formula is C22H19N5S2. The Labute approximate surface area is 177 Å². The van der Waals surface area contributed by atoms with Crippen LogP contribution in [0.2, 0.25) is 0 Å². The van der Waals surface area contributed by atoms with E-state index in [4.69, 9.17) is 0 Å². The lowest BCUT2D eigenvalue weighted by molar-refractivity contribution is 0.884. The molecule has 5 nitrogen and oxygen atoms in total. The number of nitrogens with zero attached hydrogens (tertiary/aromatic N) is 5. The molecule has 0 aliphatic carbocycles. The van der Waals surface area contributed by atoms with Gasteiger partial charge in [0.2, 0.25) is 0 Å². The molecule has 0 fully saturated rings. The fourth-order valence-electron chi connectivity index (χ4n) is 3.22. The van der Waals surface area contributed by atoms with Gasteiger partial charge in [-0.3, -0.25) is 8.97 Å². The first-order valence-electron chi connectivity index (χ1n) is 9.31. The van der Waals surface area contributed by atoms with Gasteiger partial charge >= 0.3 is 0 Å². The van der Waals surface area contributed by atoms with E-state index in [1.807, 2.05) is 29.8 Å². The number of hydrogen-bond acceptors (Lipinski definition) is 5. The van der Waals surface area contributed by atoms with Crippen LogP contribution < -0.4 is 0 Å². The Morgan fingerprint density at radius 2 is 1.86 bits per heavy atom. The first-order valence-corrected chi connectivity index (χ1v) is 11.2. The van der Waals surface area contributed by atoms with Crippen LogP contribution in [0, 0.1) is 13.8 Å². The van der Waals surface area contributed by atoms with Crippen LogP contribution >= 0.6 is 23.1 Å². The van der Waals surface area contributed by atoms with Crippen LogP contribution in [0.15, 0.2) is 71.5 Å². The lowest BCUT2D eigenvalue weighted by Crippen LogP contribution is -2.01. The summed E-state index contributed by atoms with van der Waals surface area (Å²) in [6.07, 6.45) is 4.11. The highest BCUT2D eigenvalue weighted by Crippen LogP contribution is 2.30. The van der Waals surface area contributed by atoms with E-state index in [2.05, 4.69) is 74.5 Å². The molecule has 0 unspecified atom stereocenters. The topological polar surface area (TPSA) is 48.0 Å². The van der Waals surface area contributed by atoms with Crippen molar-refractivity contribution in [3.05, 3.63) is 83.1 Å². The zero-order valence-electron chi connectivity index (χ0n) is 16.1. The Morgan fingerprint density at radius 3 is 2.66 bits per heavy atom. The van der Waals surface area contributed by atoms with Crippen molar-refractivity contribution in [1.29, 1.82) is 0 Å². The van der Waals surface area contributed by atoms with Gasteiger partial charge in [0.1, 0.15) is 0 Å². The van der Waals surface area contributed by atoms with Crippen molar-refractivity contribution in [3.8, 4) is 17.1 Å². The maximum Gasteiger partial charge on any atom is 0.196 e. The third-order valence-corrected chi connectivity index (χ3v) is 6.64. The summed E-state index contributed by atoms with van der Waals surface area (Å²) in [5.41, 5.74) is 5.69. The van der Waals surface area contributed by atoms with Gasteiger partial charge in [0, 0.05) is 29.1 Å². The highest BCUT2D eigenvalue weighted by molar-refractivity contribution is 7.98. The van der Waals surface area contributed by atoms with Crippen molar-refractivity contribution < 1.29 is 0 Å². The summed E-state index contributed by atoms with van der Waals surface area (Å²) in [6, 6.07) is 16.7. The van der Waals surface area contributed by atoms with Gasteiger partial charge < -0.3 is 0 Å². The summed E-state index contributed by atoms with van der Waals surface area (Å²) in [5.74, 6) is 1.59. The van der Waals surface area contributed by atoms with E-state index < -0.39 is 0 Å². The number of thiazole rings is 1. The Bertz CT molecular complexity index is 1250. The van der Waals surface area contributed by atoms with Crippen LogP contribution in [0.4, 0.5) is 0 Å². The van der Waals surface area contributed by atoms with Crippen LogP contribution in [-0.2, 0) is 5.75 Å². The molecule has 5 rings (SSSR count). The number of aryl methyl sites for hydroxylation is 2. The van der Waals surface area contributed by atoms with Gasteiger partial charge in [0.05, 0.1) is 11.4 Å². The second-order valence-electron chi connectivity index (χ2n) is 6.89. The van der Waals surface area contributed by atoms with Crippen molar-refractivity contribution in [2.45, 2.75) is 24.8 Å². The number of benzene rings is 2. The molecule has 0 N–H and O–H groups in total. The van der Waals surface area contributed by atoms with Crippen LogP contribution in [0.5, 0.6) is 0 Å². The number of imidazole rings is 1. The first kappa shape index (κ1) is 18.1. The Morgan fingerprint density at radius 1 is 1.00 bits per heavy atom. The molecule has 2 aromatic carbocycles. The molecule has 0 saturated heterocycles. The molecule has 3 aromatic heterocycles. The third-order valence-electron chi connectivity index (χ3n) is 4.91. The molecule has 0 amide bonds. The fourth-order valence-corrected chi connectivity index (χ4v) is 4.77. The molecule has 0 aliphatic heterocycles. The molecule has 7 heteroatoms. The minimum absolute atomic E-state index is 0.742. The normalized spacial score (nSPS) is 11.4. The number of hydrogen-bond donors (Lipinski definition) is 0. The van der Waals surface area contributed by atoms with Crippen LogP contribution in [-0.4, -0.2) is 24.1 Å². The second kappa shape index (κ2) is 7.50. The largest absolute Gasteiger partial charge is 0.297 e. The van der Waals surface area contributed by atoms with E-state index >= 15 is 0 Å². The summed E-state index contributed by atoms with van der Waals surface area (Å²) in [7, 11) is 0.